The predicted octanol–water partition coefficient (Wildman–Crippen LogP) is 2.03. The van der Waals surface area contributed by atoms with Crippen LogP contribution in [0.15, 0.2) is 24.3 Å². The lowest BCUT2D eigenvalue weighted by atomic mass is 10.3. The standard InChI is InChI=1S/C18H24N4O3S/c1-3-25-18(24)22-10-8-21(9-11-22)13-17(23)20(2)12-16-19-14-6-4-5-7-15(14)26-16/h4-7H,3,8-13H2,1-2H3. The number of hydrogen-bond acceptors (Lipinski definition) is 6. The van der Waals surface area contributed by atoms with E-state index in [4.69, 9.17) is 4.74 Å². The molecule has 7 nitrogen and oxygen atoms in total. The summed E-state index contributed by atoms with van der Waals surface area (Å²) < 4.78 is 6.15. The van der Waals surface area contributed by atoms with E-state index in [9.17, 15) is 9.59 Å². The van der Waals surface area contributed by atoms with Gasteiger partial charge in [0.2, 0.25) is 5.91 Å². The third-order valence-electron chi connectivity index (χ3n) is 4.39. The van der Waals surface area contributed by atoms with E-state index in [0.717, 1.165) is 15.2 Å². The molecule has 0 radical (unpaired) electrons. The molecule has 0 aliphatic carbocycles. The van der Waals surface area contributed by atoms with Crippen LogP contribution < -0.4 is 0 Å². The first-order valence-electron chi connectivity index (χ1n) is 8.79. The Morgan fingerprint density at radius 3 is 2.65 bits per heavy atom. The zero-order valence-electron chi connectivity index (χ0n) is 15.2. The smallest absolute Gasteiger partial charge is 0.409 e. The van der Waals surface area contributed by atoms with Crippen molar-refractivity contribution in [3.63, 3.8) is 0 Å². The number of likely N-dealkylation sites (N-methyl/N-ethyl adjacent to an activating group) is 1. The lowest BCUT2D eigenvalue weighted by Gasteiger charge is -2.34. The molecule has 0 N–H and O–H groups in total. The summed E-state index contributed by atoms with van der Waals surface area (Å²) in [6, 6.07) is 7.99. The highest BCUT2D eigenvalue weighted by Crippen LogP contribution is 2.22. The highest BCUT2D eigenvalue weighted by Gasteiger charge is 2.24. The van der Waals surface area contributed by atoms with Crippen molar-refractivity contribution in [1.82, 2.24) is 19.7 Å². The normalized spacial score (nSPS) is 15.2. The molecule has 2 amide bonds. The zero-order chi connectivity index (χ0) is 18.5. The second-order valence-electron chi connectivity index (χ2n) is 6.29. The highest BCUT2D eigenvalue weighted by atomic mass is 32.1. The van der Waals surface area contributed by atoms with Gasteiger partial charge in [-0.25, -0.2) is 9.78 Å². The van der Waals surface area contributed by atoms with Crippen molar-refractivity contribution in [2.24, 2.45) is 0 Å². The number of amides is 2. The number of para-hydroxylation sites is 1. The van der Waals surface area contributed by atoms with Crippen molar-refractivity contribution in [2.45, 2.75) is 13.5 Å². The van der Waals surface area contributed by atoms with Gasteiger partial charge in [0.1, 0.15) is 5.01 Å². The molecule has 0 atom stereocenters. The first-order valence-corrected chi connectivity index (χ1v) is 9.61. The average molecular weight is 376 g/mol. The Balaban J connectivity index is 1.48. The summed E-state index contributed by atoms with van der Waals surface area (Å²) in [5.41, 5.74) is 0.975. The Labute approximate surface area is 157 Å². The van der Waals surface area contributed by atoms with Crippen LogP contribution in [0.25, 0.3) is 10.2 Å². The van der Waals surface area contributed by atoms with Gasteiger partial charge in [0.25, 0.3) is 0 Å². The first kappa shape index (κ1) is 18.6. The van der Waals surface area contributed by atoms with Crippen molar-refractivity contribution in [3.8, 4) is 0 Å². The largest absolute Gasteiger partial charge is 0.450 e. The molecule has 2 aromatic rings. The minimum atomic E-state index is -0.272. The van der Waals surface area contributed by atoms with Crippen LogP contribution in [0.4, 0.5) is 4.79 Å². The summed E-state index contributed by atoms with van der Waals surface area (Å²) in [6.07, 6.45) is -0.272. The molecular weight excluding hydrogens is 352 g/mol. The van der Waals surface area contributed by atoms with Crippen molar-refractivity contribution in [3.05, 3.63) is 29.3 Å². The van der Waals surface area contributed by atoms with Gasteiger partial charge in [0, 0.05) is 33.2 Å². The molecule has 1 saturated heterocycles. The quantitative estimate of drug-likeness (QED) is 0.799. The van der Waals surface area contributed by atoms with E-state index in [1.807, 2.05) is 31.3 Å². The molecule has 1 fully saturated rings. The minimum Gasteiger partial charge on any atom is -0.450 e. The number of carbonyl (C=O) groups is 2. The lowest BCUT2D eigenvalue weighted by Crippen LogP contribution is -2.51. The van der Waals surface area contributed by atoms with Crippen LogP contribution in [-0.4, -0.2) is 78.1 Å². The predicted molar refractivity (Wildman–Crippen MR) is 101 cm³/mol. The van der Waals surface area contributed by atoms with Gasteiger partial charge in [0.15, 0.2) is 0 Å². The van der Waals surface area contributed by atoms with Crippen LogP contribution in [0.2, 0.25) is 0 Å². The zero-order valence-corrected chi connectivity index (χ0v) is 16.0. The molecule has 0 saturated carbocycles. The molecule has 1 aliphatic rings. The SMILES string of the molecule is CCOC(=O)N1CCN(CC(=O)N(C)Cc2nc3ccccc3s2)CC1. The van der Waals surface area contributed by atoms with Crippen LogP contribution in [0.5, 0.6) is 0 Å². The first-order chi connectivity index (χ1) is 12.6. The van der Waals surface area contributed by atoms with Gasteiger partial charge >= 0.3 is 6.09 Å². The molecule has 140 valence electrons. The van der Waals surface area contributed by atoms with Crippen molar-refractivity contribution >= 4 is 33.6 Å². The maximum Gasteiger partial charge on any atom is 0.409 e. The molecule has 2 heterocycles. The fraction of sp³-hybridized carbons (Fsp3) is 0.500. The van der Waals surface area contributed by atoms with Crippen LogP contribution in [0.3, 0.4) is 0 Å². The number of ether oxygens (including phenoxy) is 1. The van der Waals surface area contributed by atoms with Crippen LogP contribution in [0, 0.1) is 0 Å². The van der Waals surface area contributed by atoms with Crippen LogP contribution in [0.1, 0.15) is 11.9 Å². The Hall–Kier alpha value is -2.19. The van der Waals surface area contributed by atoms with E-state index < -0.39 is 0 Å². The molecule has 1 aromatic carbocycles. The van der Waals surface area contributed by atoms with Crippen molar-refractivity contribution < 1.29 is 14.3 Å². The summed E-state index contributed by atoms with van der Waals surface area (Å²) >= 11 is 1.62. The Morgan fingerprint density at radius 2 is 1.96 bits per heavy atom. The number of rotatable bonds is 5. The van der Waals surface area contributed by atoms with E-state index in [1.165, 1.54) is 0 Å². The third-order valence-corrected chi connectivity index (χ3v) is 5.41. The number of nitrogens with zero attached hydrogens (tertiary/aromatic N) is 4. The monoisotopic (exact) mass is 376 g/mol. The van der Waals surface area contributed by atoms with Crippen LogP contribution >= 0.6 is 11.3 Å². The van der Waals surface area contributed by atoms with Gasteiger partial charge in [-0.1, -0.05) is 12.1 Å². The molecule has 0 spiro atoms. The van der Waals surface area contributed by atoms with E-state index >= 15 is 0 Å². The number of thiazole rings is 1. The van der Waals surface area contributed by atoms with Gasteiger partial charge in [-0.3, -0.25) is 9.69 Å². The molecule has 0 unspecified atom stereocenters. The molecule has 3 rings (SSSR count). The molecule has 26 heavy (non-hydrogen) atoms. The van der Waals surface area contributed by atoms with E-state index in [2.05, 4.69) is 9.88 Å². The maximum absolute atomic E-state index is 12.5. The summed E-state index contributed by atoms with van der Waals surface area (Å²) in [5.74, 6) is 0.0637. The number of aromatic nitrogens is 1. The minimum absolute atomic E-state index is 0.0637. The summed E-state index contributed by atoms with van der Waals surface area (Å²) in [6.45, 7) is 5.60. The molecule has 0 bridgehead atoms. The Morgan fingerprint density at radius 1 is 1.23 bits per heavy atom. The van der Waals surface area contributed by atoms with Gasteiger partial charge in [-0.05, 0) is 19.1 Å². The number of benzene rings is 1. The second-order valence-corrected chi connectivity index (χ2v) is 7.40. The van der Waals surface area contributed by atoms with Gasteiger partial charge in [0.05, 0.1) is 29.9 Å². The Kier molecular flexibility index (Phi) is 6.05. The van der Waals surface area contributed by atoms with Gasteiger partial charge < -0.3 is 14.5 Å². The summed E-state index contributed by atoms with van der Waals surface area (Å²) in [5, 5.41) is 0.939. The number of carbonyl (C=O) groups excluding carboxylic acids is 2. The fourth-order valence-electron chi connectivity index (χ4n) is 2.89. The summed E-state index contributed by atoms with van der Waals surface area (Å²) in [7, 11) is 1.81. The molecule has 1 aliphatic heterocycles. The van der Waals surface area contributed by atoms with E-state index in [0.29, 0.717) is 45.9 Å². The van der Waals surface area contributed by atoms with Crippen molar-refractivity contribution in [2.75, 3.05) is 46.4 Å². The van der Waals surface area contributed by atoms with E-state index in [1.54, 1.807) is 28.1 Å². The van der Waals surface area contributed by atoms with E-state index in [-0.39, 0.29) is 12.0 Å². The topological polar surface area (TPSA) is 66.0 Å². The van der Waals surface area contributed by atoms with Gasteiger partial charge in [-0.15, -0.1) is 11.3 Å². The van der Waals surface area contributed by atoms with Crippen LogP contribution in [-0.2, 0) is 16.1 Å². The number of hydrogen-bond donors (Lipinski definition) is 0. The highest BCUT2D eigenvalue weighted by molar-refractivity contribution is 7.18. The van der Waals surface area contributed by atoms with Gasteiger partial charge in [-0.2, -0.15) is 0 Å². The number of fused-ring (bicyclic) bond motifs is 1. The average Bonchev–Trinajstić information content (AvgIpc) is 3.04. The second kappa shape index (κ2) is 8.46. The summed E-state index contributed by atoms with van der Waals surface area (Å²) in [4.78, 5) is 34.3. The maximum atomic E-state index is 12.5. The molecule has 1 aromatic heterocycles. The molecular formula is C18H24N4O3S. The molecule has 8 heteroatoms. The van der Waals surface area contributed by atoms with Crippen molar-refractivity contribution in [1.29, 1.82) is 0 Å². The lowest BCUT2D eigenvalue weighted by molar-refractivity contribution is -0.132. The number of piperazine rings is 1. The fourth-order valence-corrected chi connectivity index (χ4v) is 3.91. The third kappa shape index (κ3) is 4.50. The Bertz CT molecular complexity index is 738.